The van der Waals surface area contributed by atoms with Gasteiger partial charge in [-0.25, -0.2) is 14.4 Å². The highest BCUT2D eigenvalue weighted by atomic mass is 79.9. The molecule has 0 aromatic heterocycles. The third kappa shape index (κ3) is 40.6. The number of rotatable bonds is 31. The maximum Gasteiger partial charge on any atom is 0.414 e. The number of cyclic esters (lactones) is 3. The molecule has 3 fully saturated rings. The summed E-state index contributed by atoms with van der Waals surface area (Å²) in [6.07, 6.45) is 4.14. The van der Waals surface area contributed by atoms with Gasteiger partial charge >= 0.3 is 36.2 Å². The number of carbonyl (C=O) groups excluding carboxylic acids is 11. The molecule has 3 saturated heterocycles. The fourth-order valence-corrected chi connectivity index (χ4v) is 15.3. The van der Waals surface area contributed by atoms with Gasteiger partial charge in [0.25, 0.3) is 0 Å². The van der Waals surface area contributed by atoms with E-state index in [1.807, 2.05) is 97.9 Å². The van der Waals surface area contributed by atoms with Crippen LogP contribution in [0.2, 0.25) is 0 Å². The van der Waals surface area contributed by atoms with Gasteiger partial charge in [-0.15, -0.1) is 0 Å². The molecule has 3 atom stereocenters. The fraction of sp³-hybridized carbons (Fsp3) is 0.400. The summed E-state index contributed by atoms with van der Waals surface area (Å²) in [6, 6.07) is 48.6. The molecule has 39 heteroatoms. The number of hydrogen-bond donors (Lipinski definition) is 4. The molecule has 750 valence electrons. The minimum Gasteiger partial charge on any atom is -0.508 e. The first-order valence-corrected chi connectivity index (χ1v) is 49.0. The quantitative estimate of drug-likeness (QED) is 0.0136. The van der Waals surface area contributed by atoms with Crippen LogP contribution in [0.3, 0.4) is 0 Å². The molecule has 0 saturated carbocycles. The molecule has 8 aromatic rings. The van der Waals surface area contributed by atoms with Crippen LogP contribution in [0, 0.1) is 0 Å². The Bertz CT molecular complexity index is 5400. The molecule has 6 heterocycles. The Hall–Kier alpha value is -12.2. The van der Waals surface area contributed by atoms with Crippen molar-refractivity contribution < 1.29 is 134 Å². The molecular formula is C100H117Br5N6O28. The number of esters is 2. The largest absolute Gasteiger partial charge is 0.508 e. The monoisotopic (exact) mass is 2240 g/mol. The van der Waals surface area contributed by atoms with Crippen molar-refractivity contribution in [3.8, 4) is 57.5 Å². The Morgan fingerprint density at radius 3 is 1.30 bits per heavy atom. The number of anilines is 2. The maximum absolute atomic E-state index is 12.6. The van der Waals surface area contributed by atoms with Crippen LogP contribution in [0.25, 0.3) is 0 Å². The van der Waals surface area contributed by atoms with Crippen molar-refractivity contribution in [2.45, 2.75) is 143 Å². The number of hydrogen-bond acceptors (Lipinski definition) is 27. The van der Waals surface area contributed by atoms with Gasteiger partial charge in [-0.2, -0.15) is 0 Å². The summed E-state index contributed by atoms with van der Waals surface area (Å²) < 4.78 is 77.9. The number of carboxylic acids is 1. The van der Waals surface area contributed by atoms with Gasteiger partial charge in [0.05, 0.1) is 142 Å². The van der Waals surface area contributed by atoms with Crippen molar-refractivity contribution in [2.24, 2.45) is 0 Å². The molecule has 34 nitrogen and oxygen atoms in total. The predicted molar refractivity (Wildman–Crippen MR) is 535 cm³/mol. The summed E-state index contributed by atoms with van der Waals surface area (Å²) in [4.78, 5) is 145. The second-order valence-electron chi connectivity index (χ2n) is 31.0. The standard InChI is InChI=1S/C25H28N2O7.C16H18N2O5.C15H20N2O5.C12H15BrO3.C10H11BrO3.C10H9BrO2.C6H11BrO2.C6H5BrO/c1-16(28)26(13-17-6-8-19(31-2)12-23(17)32-3)14-20-15-27(25(30)34-20)18-7-9-21-22(29)5-4-10-33-24(21)11-18;1-10(19)17-8-12-9-18(16(21)23-12)11-4-5-13-14(20)3-2-6-22-15(13)7-11;1-10(18)17(9-13-7-16-15(19)22-13)8-11-4-5-12(20-2)6-14(11)21-3;1-2-15-12(14)7-4-8-16-11-6-3-5-10(13)9-11;11-8-3-1-4-9(7-8)14-6-2-5-10(12)13;11-7-3-4-8-9(12)2-1-5-13-10(8)6-7;1-2-9-6(8)4-3-5-7;7-5-2-1-3-6(8)4-5/h6-9,11-12,20H,4-5,10,13-15H2,1-3H3;4-5,7,12H,2-3,6,8-9H2,1H3,(H,17,19);4-6,13H,7-9H2,1-3H3,(H,16,19);3,5-6,9H,2,4,7-8H2,1H3;1,3-4,7H,2,5-6H2,(H,12,13);3-4,6H,1-2,5H2;2-5H2,1H3;1-4,8H/t20-;12-;13-;;;;;/m001...../s1. The number of ether oxygens (including phenoxy) is 14. The average molecular weight is 2250 g/mol. The van der Waals surface area contributed by atoms with Crippen molar-refractivity contribution in [1.82, 2.24) is 20.4 Å². The Morgan fingerprint density at radius 1 is 0.475 bits per heavy atom. The normalized spacial score (nSPS) is 15.0. The van der Waals surface area contributed by atoms with E-state index in [0.29, 0.717) is 211 Å². The zero-order valence-electron chi connectivity index (χ0n) is 78.8. The van der Waals surface area contributed by atoms with Gasteiger partial charge in [0.2, 0.25) is 17.7 Å². The number of nitrogens with zero attached hydrogens (tertiary/aromatic N) is 4. The second kappa shape index (κ2) is 61.3. The van der Waals surface area contributed by atoms with Gasteiger partial charge in [-0.05, 0) is 174 Å². The first kappa shape index (κ1) is 114. The number of methoxy groups -OCH3 is 4. The number of aliphatic carboxylic acids is 1. The molecule has 4 N–H and O–H groups in total. The maximum atomic E-state index is 12.6. The summed E-state index contributed by atoms with van der Waals surface area (Å²) in [5, 5.41) is 23.2. The van der Waals surface area contributed by atoms with E-state index in [1.54, 1.807) is 118 Å². The van der Waals surface area contributed by atoms with Crippen LogP contribution in [-0.2, 0) is 65.5 Å². The SMILES string of the molecule is CC(=O)NC[C@H]1CN(c2ccc3c(c2)OCCCC3=O)C(=O)O1.CCOC(=O)CCCBr.CCOC(=O)CCCOc1cccc(Br)c1.COc1ccc(CN(C[C@H]2CN(c3ccc4c(c3)OCCCC4=O)C(=O)O2)C(C)=O)c(OC)c1.COc1ccc(CN(C[C@H]2CNC(=O)O2)C(C)=O)c(OC)c1.O=C(O)CCCOc1cccc(Br)c1.O=C1CCCOc2cc(Br)ccc21.Oc1cccc(Br)c1. The van der Waals surface area contributed by atoms with E-state index in [2.05, 4.69) is 95.0 Å². The average Bonchev–Trinajstić information content (AvgIpc) is 1.67. The number of fused-ring (bicyclic) bond motifs is 3. The highest BCUT2D eigenvalue weighted by molar-refractivity contribution is 9.11. The zero-order chi connectivity index (χ0) is 101. The van der Waals surface area contributed by atoms with Crippen LogP contribution in [-0.4, -0.2) is 229 Å². The Balaban J connectivity index is 0.000000225. The van der Waals surface area contributed by atoms with Crippen LogP contribution in [0.4, 0.5) is 25.8 Å². The molecule has 0 aliphatic carbocycles. The first-order chi connectivity index (χ1) is 66.7. The minimum atomic E-state index is -0.789. The van der Waals surface area contributed by atoms with Crippen molar-refractivity contribution in [3.05, 3.63) is 210 Å². The lowest BCUT2D eigenvalue weighted by molar-refractivity contribution is -0.144. The second-order valence-corrected chi connectivity index (χ2v) is 35.4. The molecule has 0 spiro atoms. The Kier molecular flexibility index (Phi) is 50.2. The lowest BCUT2D eigenvalue weighted by Crippen LogP contribution is -2.37. The van der Waals surface area contributed by atoms with Crippen LogP contribution < -0.4 is 63.1 Å². The number of aromatic hydroxyl groups is 1. The van der Waals surface area contributed by atoms with E-state index in [4.69, 9.17) is 71.8 Å². The minimum absolute atomic E-state index is 0.0342. The van der Waals surface area contributed by atoms with Crippen LogP contribution >= 0.6 is 79.6 Å². The molecule has 6 aliphatic heterocycles. The Morgan fingerprint density at radius 2 is 0.899 bits per heavy atom. The summed E-state index contributed by atoms with van der Waals surface area (Å²) in [7, 11) is 6.28. The number of alkyl halides is 1. The highest BCUT2D eigenvalue weighted by Gasteiger charge is 2.37. The third-order valence-electron chi connectivity index (χ3n) is 20.5. The summed E-state index contributed by atoms with van der Waals surface area (Å²) >= 11 is 16.4. The molecule has 0 radical (unpaired) electrons. The number of carbonyl (C=O) groups is 12. The van der Waals surface area contributed by atoms with E-state index in [-0.39, 0.29) is 79.2 Å². The number of alkyl carbamates (subject to hydrolysis) is 1. The van der Waals surface area contributed by atoms with Gasteiger partial charge in [0, 0.05) is 131 Å². The van der Waals surface area contributed by atoms with E-state index in [9.17, 15) is 57.5 Å². The molecule has 0 unspecified atom stereocenters. The fourth-order valence-electron chi connectivity index (χ4n) is 13.6. The third-order valence-corrected chi connectivity index (χ3v) is 23.0. The molecule has 6 aliphatic rings. The number of nitrogens with one attached hydrogen (secondary N) is 2. The van der Waals surface area contributed by atoms with Crippen LogP contribution in [0.5, 0.6) is 57.5 Å². The smallest absolute Gasteiger partial charge is 0.414 e. The van der Waals surface area contributed by atoms with E-state index >= 15 is 0 Å². The van der Waals surface area contributed by atoms with Gasteiger partial charge < -0.3 is 97.0 Å². The number of halogens is 5. The lowest BCUT2D eigenvalue weighted by atomic mass is 10.1. The lowest BCUT2D eigenvalue weighted by Gasteiger charge is -2.24. The van der Waals surface area contributed by atoms with Crippen molar-refractivity contribution in [1.29, 1.82) is 0 Å². The summed E-state index contributed by atoms with van der Waals surface area (Å²) in [5.41, 5.74) is 4.67. The molecule has 6 amide bonds. The van der Waals surface area contributed by atoms with E-state index < -0.39 is 36.5 Å². The van der Waals surface area contributed by atoms with Gasteiger partial charge in [0.1, 0.15) is 75.8 Å². The summed E-state index contributed by atoms with van der Waals surface area (Å²) in [5.74, 6) is 4.92. The Labute approximate surface area is 849 Å². The van der Waals surface area contributed by atoms with Gasteiger partial charge in [0.15, 0.2) is 17.3 Å². The molecule has 8 aromatic carbocycles. The van der Waals surface area contributed by atoms with E-state index in [1.165, 1.54) is 30.6 Å². The van der Waals surface area contributed by atoms with Gasteiger partial charge in [-0.1, -0.05) is 97.8 Å². The van der Waals surface area contributed by atoms with Crippen LogP contribution in [0.15, 0.2) is 182 Å². The van der Waals surface area contributed by atoms with Crippen molar-refractivity contribution >= 4 is 162 Å². The zero-order valence-corrected chi connectivity index (χ0v) is 86.7. The highest BCUT2D eigenvalue weighted by Crippen LogP contribution is 2.36. The number of Topliss-reactive ketones (excluding diaryl/α,β-unsaturated/α-hetero) is 3. The number of amides is 6. The number of ketones is 3. The van der Waals surface area contributed by atoms with Crippen molar-refractivity contribution in [2.75, 3.05) is 129 Å². The number of benzene rings is 8. The molecule has 139 heavy (non-hydrogen) atoms. The van der Waals surface area contributed by atoms with Gasteiger partial charge in [-0.3, -0.25) is 53.0 Å². The molecule has 0 bridgehead atoms. The van der Waals surface area contributed by atoms with E-state index in [0.717, 1.165) is 58.7 Å². The molecular weight excluding hydrogens is 2130 g/mol. The number of carboxylic acid groups (broad SMARTS) is 1. The first-order valence-electron chi connectivity index (χ1n) is 44.7. The molecule has 14 rings (SSSR count). The number of phenolic OH excluding ortho intramolecular Hbond substituents is 1. The van der Waals surface area contributed by atoms with Crippen molar-refractivity contribution in [3.63, 3.8) is 0 Å². The topological polar surface area (TPSA) is 412 Å². The number of phenols is 1. The summed E-state index contributed by atoms with van der Waals surface area (Å²) in [6.45, 7) is 14.0. The predicted octanol–water partition coefficient (Wildman–Crippen LogP) is 18.6. The van der Waals surface area contributed by atoms with Crippen LogP contribution in [0.1, 0.15) is 154 Å².